The van der Waals surface area contributed by atoms with Gasteiger partial charge >= 0.3 is 0 Å². The molecule has 2 unspecified atom stereocenters. The Hall–Kier alpha value is -1.71. The highest BCUT2D eigenvalue weighted by Crippen LogP contribution is 2.44. The molecule has 0 saturated heterocycles. The molecule has 0 heterocycles. The van der Waals surface area contributed by atoms with Gasteiger partial charge < -0.3 is 14.7 Å². The fraction of sp³-hybridized carbons (Fsp3) is 0.632. The van der Waals surface area contributed by atoms with Crippen LogP contribution in [0.3, 0.4) is 0 Å². The second kappa shape index (κ2) is 6.81. The maximum absolute atomic E-state index is 11.9. The molecule has 1 N–H and O–H groups in total. The molecule has 1 aliphatic carbocycles. The number of hydrogen-bond donors (Lipinski definition) is 1. The number of aromatic hydroxyl groups is 1. The minimum Gasteiger partial charge on any atom is -0.504 e. The predicted molar refractivity (Wildman–Crippen MR) is 92.9 cm³/mol. The van der Waals surface area contributed by atoms with Crippen molar-refractivity contribution < 1.29 is 14.6 Å². The molecule has 128 valence electrons. The largest absolute Gasteiger partial charge is 0.504 e. The minimum absolute atomic E-state index is 0.0630. The van der Waals surface area contributed by atoms with Gasteiger partial charge in [-0.25, -0.2) is 0 Å². The van der Waals surface area contributed by atoms with Crippen molar-refractivity contribution in [2.75, 3.05) is 12.0 Å². The van der Waals surface area contributed by atoms with Gasteiger partial charge in [0.15, 0.2) is 11.5 Å². The Morgan fingerprint density at radius 1 is 1.39 bits per heavy atom. The molecule has 0 aromatic heterocycles. The number of rotatable bonds is 5. The van der Waals surface area contributed by atoms with Gasteiger partial charge in [-0.05, 0) is 48.6 Å². The number of carbonyl (C=O) groups is 1. The fourth-order valence-electron chi connectivity index (χ4n) is 3.82. The van der Waals surface area contributed by atoms with Crippen LogP contribution >= 0.6 is 0 Å². The third kappa shape index (κ3) is 3.80. The fourth-order valence-corrected chi connectivity index (χ4v) is 3.82. The molecule has 1 aromatic rings. The molecule has 0 bridgehead atoms. The van der Waals surface area contributed by atoms with Crippen LogP contribution in [-0.2, 0) is 4.79 Å². The lowest BCUT2D eigenvalue weighted by atomic mass is 9.67. The van der Waals surface area contributed by atoms with Gasteiger partial charge in [-0.2, -0.15) is 0 Å². The van der Waals surface area contributed by atoms with E-state index in [-0.39, 0.29) is 17.2 Å². The Bertz CT molecular complexity index is 554. The van der Waals surface area contributed by atoms with Crippen LogP contribution in [0.25, 0.3) is 0 Å². The summed E-state index contributed by atoms with van der Waals surface area (Å²) >= 11 is 0. The summed E-state index contributed by atoms with van der Waals surface area (Å²) in [6, 6.07) is 5.32. The summed E-state index contributed by atoms with van der Waals surface area (Å²) in [7, 11) is 1.52. The van der Waals surface area contributed by atoms with E-state index in [1.165, 1.54) is 13.5 Å². The van der Waals surface area contributed by atoms with Crippen LogP contribution < -0.4 is 9.64 Å². The topological polar surface area (TPSA) is 49.8 Å². The zero-order valence-electron chi connectivity index (χ0n) is 14.9. The van der Waals surface area contributed by atoms with E-state index in [4.69, 9.17) is 4.74 Å². The SMILES string of the molecule is COc1ccc(N(C=O)C2CC(C)(C)CCC2C(C)C)cc1O. The molecular weight excluding hydrogens is 290 g/mol. The highest BCUT2D eigenvalue weighted by atomic mass is 16.5. The van der Waals surface area contributed by atoms with Crippen LogP contribution in [-0.4, -0.2) is 24.7 Å². The Kier molecular flexibility index (Phi) is 5.23. The molecule has 4 nitrogen and oxygen atoms in total. The normalized spacial score (nSPS) is 23.6. The Morgan fingerprint density at radius 2 is 2.09 bits per heavy atom. The summed E-state index contributed by atoms with van der Waals surface area (Å²) in [5.41, 5.74) is 0.956. The van der Waals surface area contributed by atoms with Crippen molar-refractivity contribution in [1.29, 1.82) is 0 Å². The molecule has 23 heavy (non-hydrogen) atoms. The lowest BCUT2D eigenvalue weighted by molar-refractivity contribution is -0.108. The molecule has 1 amide bonds. The van der Waals surface area contributed by atoms with Crippen LogP contribution in [0.1, 0.15) is 47.0 Å². The third-order valence-corrected chi connectivity index (χ3v) is 5.20. The maximum atomic E-state index is 11.9. The summed E-state index contributed by atoms with van der Waals surface area (Å²) in [4.78, 5) is 13.7. The number of phenols is 1. The van der Waals surface area contributed by atoms with Gasteiger partial charge in [-0.15, -0.1) is 0 Å². The van der Waals surface area contributed by atoms with E-state index in [0.29, 0.717) is 17.6 Å². The number of carbonyl (C=O) groups excluding carboxylic acids is 1. The molecule has 1 aliphatic rings. The van der Waals surface area contributed by atoms with Crippen LogP contribution in [0.2, 0.25) is 0 Å². The van der Waals surface area contributed by atoms with Crippen LogP contribution in [0.5, 0.6) is 11.5 Å². The highest BCUT2D eigenvalue weighted by Gasteiger charge is 2.39. The summed E-state index contributed by atoms with van der Waals surface area (Å²) in [5.74, 6) is 1.47. The number of methoxy groups -OCH3 is 1. The molecular formula is C19H29NO3. The second-order valence-electron chi connectivity index (χ2n) is 7.75. The van der Waals surface area contributed by atoms with Gasteiger partial charge in [0.05, 0.1) is 7.11 Å². The van der Waals surface area contributed by atoms with E-state index in [1.54, 1.807) is 17.0 Å². The zero-order valence-corrected chi connectivity index (χ0v) is 14.9. The van der Waals surface area contributed by atoms with Crippen molar-refractivity contribution in [3.63, 3.8) is 0 Å². The van der Waals surface area contributed by atoms with E-state index in [9.17, 15) is 9.90 Å². The molecule has 1 saturated carbocycles. The summed E-state index contributed by atoms with van der Waals surface area (Å²) in [6.45, 7) is 8.99. The summed E-state index contributed by atoms with van der Waals surface area (Å²) in [6.07, 6.45) is 4.19. The first-order chi connectivity index (χ1) is 10.8. The predicted octanol–water partition coefficient (Wildman–Crippen LogP) is 4.21. The maximum Gasteiger partial charge on any atom is 0.214 e. The van der Waals surface area contributed by atoms with Crippen LogP contribution in [0.4, 0.5) is 5.69 Å². The lowest BCUT2D eigenvalue weighted by Gasteiger charge is -2.46. The van der Waals surface area contributed by atoms with Crippen molar-refractivity contribution in [2.24, 2.45) is 17.3 Å². The summed E-state index contributed by atoms with van der Waals surface area (Å²) in [5, 5.41) is 10.0. The number of phenolic OH excluding ortho intramolecular Hbond substituents is 1. The Morgan fingerprint density at radius 3 is 2.61 bits per heavy atom. The van der Waals surface area contributed by atoms with Crippen molar-refractivity contribution in [1.82, 2.24) is 0 Å². The van der Waals surface area contributed by atoms with E-state index in [2.05, 4.69) is 27.7 Å². The first-order valence-corrected chi connectivity index (χ1v) is 8.39. The number of anilines is 1. The number of hydrogen-bond acceptors (Lipinski definition) is 3. The molecule has 4 heteroatoms. The first-order valence-electron chi connectivity index (χ1n) is 8.39. The van der Waals surface area contributed by atoms with Gasteiger partial charge in [-0.1, -0.05) is 27.7 Å². The van der Waals surface area contributed by atoms with Crippen LogP contribution in [0.15, 0.2) is 18.2 Å². The molecule has 1 fully saturated rings. The average molecular weight is 319 g/mol. The molecule has 1 aromatic carbocycles. The third-order valence-electron chi connectivity index (χ3n) is 5.20. The number of ether oxygens (including phenoxy) is 1. The molecule has 2 atom stereocenters. The standard InChI is InChI=1S/C19H29NO3/c1-13(2)15-8-9-19(3,4)11-16(15)20(12-21)14-6-7-18(23-5)17(22)10-14/h6-7,10,12-13,15-16,22H,8-9,11H2,1-5H3. The number of benzene rings is 1. The van der Waals surface area contributed by atoms with E-state index < -0.39 is 0 Å². The quantitative estimate of drug-likeness (QED) is 0.827. The Balaban J connectivity index is 2.36. The van der Waals surface area contributed by atoms with E-state index in [1.807, 2.05) is 6.07 Å². The molecule has 0 radical (unpaired) electrons. The van der Waals surface area contributed by atoms with Gasteiger partial charge in [0.1, 0.15) is 0 Å². The molecule has 0 aliphatic heterocycles. The van der Waals surface area contributed by atoms with Gasteiger partial charge in [0.2, 0.25) is 6.41 Å². The van der Waals surface area contributed by atoms with E-state index in [0.717, 1.165) is 24.9 Å². The smallest absolute Gasteiger partial charge is 0.214 e. The van der Waals surface area contributed by atoms with E-state index >= 15 is 0 Å². The molecule has 0 spiro atoms. The van der Waals surface area contributed by atoms with Gasteiger partial charge in [0, 0.05) is 17.8 Å². The van der Waals surface area contributed by atoms with Gasteiger partial charge in [0.25, 0.3) is 0 Å². The number of amides is 1. The lowest BCUT2D eigenvalue weighted by Crippen LogP contribution is -2.47. The van der Waals surface area contributed by atoms with Crippen molar-refractivity contribution >= 4 is 12.1 Å². The summed E-state index contributed by atoms with van der Waals surface area (Å²) < 4.78 is 5.09. The Labute approximate surface area is 139 Å². The minimum atomic E-state index is 0.0630. The average Bonchev–Trinajstić information content (AvgIpc) is 2.47. The van der Waals surface area contributed by atoms with Gasteiger partial charge in [-0.3, -0.25) is 4.79 Å². The second-order valence-corrected chi connectivity index (χ2v) is 7.75. The van der Waals surface area contributed by atoms with Crippen molar-refractivity contribution in [2.45, 2.75) is 53.0 Å². The zero-order chi connectivity index (χ0) is 17.2. The highest BCUT2D eigenvalue weighted by molar-refractivity contribution is 5.77. The number of nitrogens with zero attached hydrogens (tertiary/aromatic N) is 1. The van der Waals surface area contributed by atoms with Crippen LogP contribution in [0, 0.1) is 17.3 Å². The monoisotopic (exact) mass is 319 g/mol. The first kappa shape index (κ1) is 17.6. The van der Waals surface area contributed by atoms with Crippen molar-refractivity contribution in [3.8, 4) is 11.5 Å². The van der Waals surface area contributed by atoms with Crippen molar-refractivity contribution in [3.05, 3.63) is 18.2 Å². The molecule has 2 rings (SSSR count).